The van der Waals surface area contributed by atoms with Gasteiger partial charge in [-0.3, -0.25) is 10.1 Å². The molecule has 0 unspecified atom stereocenters. The Hall–Kier alpha value is -3.21. The number of fused-ring (bicyclic) bond motifs is 2. The molecule has 22 heavy (non-hydrogen) atoms. The monoisotopic (exact) mass is 290 g/mol. The second kappa shape index (κ2) is 4.66. The van der Waals surface area contributed by atoms with Crippen molar-refractivity contribution in [2.24, 2.45) is 0 Å². The average molecular weight is 290 g/mol. The molecule has 1 heterocycles. The molecule has 3 aromatic carbocycles. The van der Waals surface area contributed by atoms with Crippen molar-refractivity contribution in [2.75, 3.05) is 0 Å². The van der Waals surface area contributed by atoms with Gasteiger partial charge < -0.3 is 4.42 Å². The fourth-order valence-electron chi connectivity index (χ4n) is 2.47. The van der Waals surface area contributed by atoms with E-state index in [-0.39, 0.29) is 5.69 Å². The normalized spacial score (nSPS) is 11.1. The average Bonchev–Trinajstić information content (AvgIpc) is 2.97. The lowest BCUT2D eigenvalue weighted by Gasteiger charge is -1.99. The second-order valence-corrected chi connectivity index (χ2v) is 4.99. The van der Waals surface area contributed by atoms with Crippen molar-refractivity contribution in [1.82, 2.24) is 4.98 Å². The van der Waals surface area contributed by atoms with E-state index in [1.54, 1.807) is 6.07 Å². The summed E-state index contributed by atoms with van der Waals surface area (Å²) in [6.07, 6.45) is 0. The van der Waals surface area contributed by atoms with Gasteiger partial charge in [0.1, 0.15) is 5.52 Å². The predicted molar refractivity (Wildman–Crippen MR) is 83.6 cm³/mol. The van der Waals surface area contributed by atoms with E-state index in [0.717, 1.165) is 16.3 Å². The highest BCUT2D eigenvalue weighted by Gasteiger charge is 2.13. The van der Waals surface area contributed by atoms with Crippen molar-refractivity contribution in [3.8, 4) is 11.5 Å². The molecular weight excluding hydrogens is 280 g/mol. The lowest BCUT2D eigenvalue weighted by atomic mass is 10.1. The number of hydrogen-bond donors (Lipinski definition) is 0. The lowest BCUT2D eigenvalue weighted by molar-refractivity contribution is -0.384. The number of non-ortho nitro benzene ring substituents is 1. The molecule has 4 rings (SSSR count). The zero-order valence-corrected chi connectivity index (χ0v) is 11.4. The lowest BCUT2D eigenvalue weighted by Crippen LogP contribution is -1.86. The number of nitrogens with zero attached hydrogens (tertiary/aromatic N) is 2. The number of rotatable bonds is 2. The zero-order valence-electron chi connectivity index (χ0n) is 11.4. The van der Waals surface area contributed by atoms with Crippen molar-refractivity contribution >= 4 is 27.6 Å². The maximum absolute atomic E-state index is 10.8. The van der Waals surface area contributed by atoms with Crippen LogP contribution in [0.5, 0.6) is 0 Å². The Morgan fingerprint density at radius 3 is 2.59 bits per heavy atom. The van der Waals surface area contributed by atoms with Gasteiger partial charge in [-0.25, -0.2) is 4.98 Å². The second-order valence-electron chi connectivity index (χ2n) is 4.99. The van der Waals surface area contributed by atoms with Crippen molar-refractivity contribution in [1.29, 1.82) is 0 Å². The molecule has 5 heteroatoms. The Morgan fingerprint density at radius 2 is 1.77 bits per heavy atom. The molecule has 0 aliphatic carbocycles. The summed E-state index contributed by atoms with van der Waals surface area (Å²) in [6.45, 7) is 0. The first-order chi connectivity index (χ1) is 10.7. The van der Waals surface area contributed by atoms with Crippen molar-refractivity contribution < 1.29 is 9.34 Å². The molecule has 1 aromatic heterocycles. The van der Waals surface area contributed by atoms with Crippen LogP contribution in [0, 0.1) is 10.1 Å². The van der Waals surface area contributed by atoms with Crippen LogP contribution in [0.15, 0.2) is 65.1 Å². The van der Waals surface area contributed by atoms with Crippen LogP contribution in [0.4, 0.5) is 5.69 Å². The first-order valence-corrected chi connectivity index (χ1v) is 6.75. The molecule has 0 radical (unpaired) electrons. The van der Waals surface area contributed by atoms with E-state index >= 15 is 0 Å². The Bertz CT molecular complexity index is 1020. The highest BCUT2D eigenvalue weighted by molar-refractivity contribution is 5.87. The number of nitro benzene ring substituents is 1. The minimum absolute atomic E-state index is 0.00582. The first kappa shape index (κ1) is 12.5. The predicted octanol–water partition coefficient (Wildman–Crippen LogP) is 4.56. The van der Waals surface area contributed by atoms with Gasteiger partial charge in [-0.15, -0.1) is 0 Å². The van der Waals surface area contributed by atoms with Crippen LogP contribution in [-0.2, 0) is 0 Å². The highest BCUT2D eigenvalue weighted by Crippen LogP contribution is 2.28. The van der Waals surface area contributed by atoms with Gasteiger partial charge in [0.2, 0.25) is 5.89 Å². The van der Waals surface area contributed by atoms with Gasteiger partial charge in [0.15, 0.2) is 5.58 Å². The van der Waals surface area contributed by atoms with Gasteiger partial charge in [-0.2, -0.15) is 0 Å². The number of oxazole rings is 1. The minimum Gasteiger partial charge on any atom is -0.436 e. The Kier molecular flexibility index (Phi) is 2.66. The molecule has 0 N–H and O–H groups in total. The topological polar surface area (TPSA) is 69.2 Å². The fraction of sp³-hybridized carbons (Fsp3) is 0. The molecule has 0 fully saturated rings. The van der Waals surface area contributed by atoms with Gasteiger partial charge >= 0.3 is 0 Å². The smallest absolute Gasteiger partial charge is 0.273 e. The highest BCUT2D eigenvalue weighted by atomic mass is 16.6. The van der Waals surface area contributed by atoms with Gasteiger partial charge in [-0.1, -0.05) is 30.3 Å². The van der Waals surface area contributed by atoms with E-state index in [1.165, 1.54) is 12.1 Å². The molecule has 4 aromatic rings. The van der Waals surface area contributed by atoms with Gasteiger partial charge in [0, 0.05) is 11.6 Å². The number of benzene rings is 3. The maximum atomic E-state index is 10.8. The van der Waals surface area contributed by atoms with Gasteiger partial charge in [0.05, 0.1) is 11.0 Å². The summed E-state index contributed by atoms with van der Waals surface area (Å²) in [6, 6.07) is 18.4. The Labute approximate surface area is 125 Å². The van der Waals surface area contributed by atoms with Gasteiger partial charge in [-0.05, 0) is 29.0 Å². The number of hydrogen-bond acceptors (Lipinski definition) is 4. The summed E-state index contributed by atoms with van der Waals surface area (Å²) in [5.41, 5.74) is 1.86. The van der Waals surface area contributed by atoms with E-state index in [2.05, 4.69) is 4.98 Å². The third-order valence-corrected chi connectivity index (χ3v) is 3.58. The van der Waals surface area contributed by atoms with Crippen molar-refractivity contribution in [3.05, 3.63) is 70.8 Å². The molecule has 0 amide bonds. The largest absolute Gasteiger partial charge is 0.436 e. The summed E-state index contributed by atoms with van der Waals surface area (Å²) in [4.78, 5) is 14.8. The molecule has 0 saturated carbocycles. The fourth-order valence-corrected chi connectivity index (χ4v) is 2.47. The van der Waals surface area contributed by atoms with E-state index in [1.807, 2.05) is 42.5 Å². The number of nitro groups is 1. The summed E-state index contributed by atoms with van der Waals surface area (Å²) in [5, 5.41) is 13.0. The van der Waals surface area contributed by atoms with E-state index in [0.29, 0.717) is 17.0 Å². The molecule has 0 aliphatic heterocycles. The van der Waals surface area contributed by atoms with Crippen LogP contribution in [0.2, 0.25) is 0 Å². The van der Waals surface area contributed by atoms with E-state index in [9.17, 15) is 10.1 Å². The van der Waals surface area contributed by atoms with E-state index in [4.69, 9.17) is 4.42 Å². The van der Waals surface area contributed by atoms with E-state index < -0.39 is 4.92 Å². The summed E-state index contributed by atoms with van der Waals surface area (Å²) in [7, 11) is 0. The minimum atomic E-state index is -0.447. The van der Waals surface area contributed by atoms with Crippen LogP contribution in [0.3, 0.4) is 0 Å². The maximum Gasteiger partial charge on any atom is 0.273 e. The molecule has 0 atom stereocenters. The van der Waals surface area contributed by atoms with Crippen LogP contribution >= 0.6 is 0 Å². The molecule has 106 valence electrons. The van der Waals surface area contributed by atoms with Crippen LogP contribution in [-0.4, -0.2) is 9.91 Å². The summed E-state index contributed by atoms with van der Waals surface area (Å²) >= 11 is 0. The van der Waals surface area contributed by atoms with Crippen LogP contribution < -0.4 is 0 Å². The summed E-state index contributed by atoms with van der Waals surface area (Å²) < 4.78 is 5.68. The molecule has 0 aliphatic rings. The summed E-state index contributed by atoms with van der Waals surface area (Å²) in [5.74, 6) is 0.459. The Morgan fingerprint density at radius 1 is 0.955 bits per heavy atom. The number of aromatic nitrogens is 1. The van der Waals surface area contributed by atoms with Crippen molar-refractivity contribution in [2.45, 2.75) is 0 Å². The quantitative estimate of drug-likeness (QED) is 0.401. The van der Waals surface area contributed by atoms with Crippen LogP contribution in [0.1, 0.15) is 0 Å². The molecule has 0 bridgehead atoms. The zero-order chi connectivity index (χ0) is 15.1. The molecule has 0 saturated heterocycles. The van der Waals surface area contributed by atoms with Gasteiger partial charge in [0.25, 0.3) is 5.69 Å². The SMILES string of the molecule is O=[N+]([O-])c1ccc2nc(-c3ccc4ccccc4c3)oc2c1. The standard InChI is InChI=1S/C17H10N2O3/c20-19(21)14-7-8-15-16(10-14)22-17(18-15)13-6-5-11-3-1-2-4-12(11)9-13/h1-10H. The van der Waals surface area contributed by atoms with Crippen molar-refractivity contribution in [3.63, 3.8) is 0 Å². The Balaban J connectivity index is 1.86. The third kappa shape index (κ3) is 2.00. The molecular formula is C17H10N2O3. The molecule has 0 spiro atoms. The first-order valence-electron chi connectivity index (χ1n) is 6.75. The van der Waals surface area contributed by atoms with Crippen LogP contribution in [0.25, 0.3) is 33.3 Å². The molecule has 5 nitrogen and oxygen atoms in total. The third-order valence-electron chi connectivity index (χ3n) is 3.58.